The van der Waals surface area contributed by atoms with Gasteiger partial charge in [-0.1, -0.05) is 0 Å². The summed E-state index contributed by atoms with van der Waals surface area (Å²) < 4.78 is 4.16. The Morgan fingerprint density at radius 3 is 2.73 bits per heavy atom. The maximum absolute atomic E-state index is 9.93. The number of carbonyl (C=O) groups is 1. The van der Waals surface area contributed by atoms with Crippen LogP contribution in [0.15, 0.2) is 18.3 Å². The maximum atomic E-state index is 9.93. The van der Waals surface area contributed by atoms with Crippen molar-refractivity contribution in [3.8, 4) is 11.6 Å². The van der Waals surface area contributed by atoms with Gasteiger partial charge >= 0.3 is 6.16 Å². The van der Waals surface area contributed by atoms with Crippen LogP contribution in [0.5, 0.6) is 11.6 Å². The number of pyridine rings is 1. The molecule has 0 saturated carbocycles. The van der Waals surface area contributed by atoms with Gasteiger partial charge in [0, 0.05) is 6.07 Å². The Kier molecular flexibility index (Phi) is 1.91. The minimum Gasteiger partial charge on any atom is -0.506 e. The zero-order valence-corrected chi connectivity index (χ0v) is 5.39. The molecule has 0 amide bonds. The number of hydrogen-bond donors (Lipinski definition) is 2. The summed E-state index contributed by atoms with van der Waals surface area (Å²) in [5.41, 5.74) is 0. The molecular formula is C6H5NO4. The van der Waals surface area contributed by atoms with Gasteiger partial charge in [0.05, 0.1) is 6.20 Å². The van der Waals surface area contributed by atoms with Crippen LogP contribution in [0, 0.1) is 0 Å². The second-order valence-electron chi connectivity index (χ2n) is 1.72. The molecule has 1 aromatic heterocycles. The Morgan fingerprint density at radius 2 is 2.27 bits per heavy atom. The van der Waals surface area contributed by atoms with Crippen molar-refractivity contribution in [3.63, 3.8) is 0 Å². The van der Waals surface area contributed by atoms with E-state index in [1.54, 1.807) is 0 Å². The predicted octanol–water partition coefficient (Wildman–Crippen LogP) is 0.844. The molecule has 0 spiro atoms. The van der Waals surface area contributed by atoms with E-state index in [9.17, 15) is 4.79 Å². The Labute approximate surface area is 61.9 Å². The topological polar surface area (TPSA) is 79.7 Å². The van der Waals surface area contributed by atoms with Crippen LogP contribution in [0.3, 0.4) is 0 Å². The van der Waals surface area contributed by atoms with Crippen LogP contribution in [-0.4, -0.2) is 21.4 Å². The summed E-state index contributed by atoms with van der Waals surface area (Å²) in [6.07, 6.45) is -0.332. The third kappa shape index (κ3) is 2.13. The molecule has 0 fully saturated rings. The van der Waals surface area contributed by atoms with E-state index in [1.165, 1.54) is 12.1 Å². The zero-order chi connectivity index (χ0) is 8.27. The number of rotatable bonds is 1. The molecular weight excluding hydrogens is 150 g/mol. The van der Waals surface area contributed by atoms with E-state index in [0.29, 0.717) is 0 Å². The first-order valence-electron chi connectivity index (χ1n) is 2.74. The predicted molar refractivity (Wildman–Crippen MR) is 34.6 cm³/mol. The van der Waals surface area contributed by atoms with Crippen molar-refractivity contribution in [1.29, 1.82) is 0 Å². The second kappa shape index (κ2) is 2.87. The Hall–Kier alpha value is -1.78. The third-order valence-electron chi connectivity index (χ3n) is 0.913. The molecule has 0 aliphatic heterocycles. The molecule has 1 heterocycles. The highest BCUT2D eigenvalue weighted by Crippen LogP contribution is 2.11. The molecule has 0 aromatic carbocycles. The number of aromatic hydroxyl groups is 1. The van der Waals surface area contributed by atoms with E-state index in [2.05, 4.69) is 9.72 Å². The fourth-order valence-corrected chi connectivity index (χ4v) is 0.522. The number of aromatic nitrogens is 1. The minimum atomic E-state index is -1.43. The van der Waals surface area contributed by atoms with Gasteiger partial charge in [-0.05, 0) is 6.07 Å². The number of hydrogen-bond acceptors (Lipinski definition) is 4. The molecule has 2 N–H and O–H groups in total. The van der Waals surface area contributed by atoms with Crippen LogP contribution in [0.25, 0.3) is 0 Å². The number of carboxylic acid groups (broad SMARTS) is 1. The molecule has 58 valence electrons. The van der Waals surface area contributed by atoms with Crippen molar-refractivity contribution in [1.82, 2.24) is 4.98 Å². The quantitative estimate of drug-likeness (QED) is 0.587. The molecule has 5 heteroatoms. The number of nitrogens with zero attached hydrogens (tertiary/aromatic N) is 1. The van der Waals surface area contributed by atoms with Crippen LogP contribution in [0.1, 0.15) is 0 Å². The molecule has 0 radical (unpaired) electrons. The largest absolute Gasteiger partial charge is 0.512 e. The van der Waals surface area contributed by atoms with E-state index in [1.807, 2.05) is 0 Å². The van der Waals surface area contributed by atoms with Crippen molar-refractivity contribution in [2.75, 3.05) is 0 Å². The molecule has 0 atom stereocenters. The fourth-order valence-electron chi connectivity index (χ4n) is 0.522. The van der Waals surface area contributed by atoms with E-state index in [-0.39, 0.29) is 11.6 Å². The van der Waals surface area contributed by atoms with Gasteiger partial charge < -0.3 is 14.9 Å². The standard InChI is InChI=1S/C6H5NO4/c8-4-1-2-5(7-3-4)11-6(9)10/h1-3,8H,(H,9,10). The van der Waals surface area contributed by atoms with E-state index in [4.69, 9.17) is 10.2 Å². The molecule has 11 heavy (non-hydrogen) atoms. The van der Waals surface area contributed by atoms with Crippen molar-refractivity contribution in [2.45, 2.75) is 0 Å². The van der Waals surface area contributed by atoms with Gasteiger partial charge in [0.1, 0.15) is 5.75 Å². The lowest BCUT2D eigenvalue weighted by atomic mass is 10.4. The Morgan fingerprint density at radius 1 is 1.55 bits per heavy atom. The van der Waals surface area contributed by atoms with Gasteiger partial charge in [0.25, 0.3) is 0 Å². The Bertz CT molecular complexity index is 256. The van der Waals surface area contributed by atoms with E-state index < -0.39 is 6.16 Å². The second-order valence-corrected chi connectivity index (χ2v) is 1.72. The monoisotopic (exact) mass is 155 g/mol. The highest BCUT2D eigenvalue weighted by molar-refractivity contribution is 5.60. The summed E-state index contributed by atoms with van der Waals surface area (Å²) in [6.45, 7) is 0. The van der Waals surface area contributed by atoms with Crippen LogP contribution in [0.2, 0.25) is 0 Å². The molecule has 0 aliphatic carbocycles. The molecule has 0 aliphatic rings. The lowest BCUT2D eigenvalue weighted by Crippen LogP contribution is -2.03. The Balaban J connectivity index is 2.74. The maximum Gasteiger partial charge on any atom is 0.512 e. The van der Waals surface area contributed by atoms with Crippen molar-refractivity contribution in [2.24, 2.45) is 0 Å². The third-order valence-corrected chi connectivity index (χ3v) is 0.913. The molecule has 1 aromatic rings. The highest BCUT2D eigenvalue weighted by Gasteiger charge is 2.00. The van der Waals surface area contributed by atoms with Crippen LogP contribution < -0.4 is 4.74 Å². The van der Waals surface area contributed by atoms with Crippen LogP contribution in [0.4, 0.5) is 4.79 Å². The lowest BCUT2D eigenvalue weighted by Gasteiger charge is -1.96. The van der Waals surface area contributed by atoms with Crippen LogP contribution in [-0.2, 0) is 0 Å². The lowest BCUT2D eigenvalue weighted by molar-refractivity contribution is 0.142. The summed E-state index contributed by atoms with van der Waals surface area (Å²) in [5.74, 6) is -0.0990. The average Bonchev–Trinajstić information content (AvgIpc) is 1.93. The summed E-state index contributed by atoms with van der Waals surface area (Å²) in [4.78, 5) is 13.4. The molecule has 0 unspecified atom stereocenters. The summed E-state index contributed by atoms with van der Waals surface area (Å²) in [5, 5.41) is 16.8. The van der Waals surface area contributed by atoms with Crippen molar-refractivity contribution < 1.29 is 19.7 Å². The summed E-state index contributed by atoms with van der Waals surface area (Å²) >= 11 is 0. The SMILES string of the molecule is O=C(O)Oc1ccc(O)cn1. The first-order chi connectivity index (χ1) is 5.18. The smallest absolute Gasteiger partial charge is 0.506 e. The van der Waals surface area contributed by atoms with Gasteiger partial charge in [0.15, 0.2) is 0 Å². The van der Waals surface area contributed by atoms with Gasteiger partial charge in [-0.15, -0.1) is 0 Å². The molecule has 1 rings (SSSR count). The fraction of sp³-hybridized carbons (Fsp3) is 0. The molecule has 0 saturated heterocycles. The van der Waals surface area contributed by atoms with Gasteiger partial charge in [-0.2, -0.15) is 0 Å². The average molecular weight is 155 g/mol. The first kappa shape index (κ1) is 7.33. The van der Waals surface area contributed by atoms with E-state index >= 15 is 0 Å². The zero-order valence-electron chi connectivity index (χ0n) is 5.39. The van der Waals surface area contributed by atoms with Crippen LogP contribution >= 0.6 is 0 Å². The summed E-state index contributed by atoms with van der Waals surface area (Å²) in [6, 6.07) is 2.54. The summed E-state index contributed by atoms with van der Waals surface area (Å²) in [7, 11) is 0. The first-order valence-corrected chi connectivity index (χ1v) is 2.74. The molecule has 5 nitrogen and oxygen atoms in total. The normalized spacial score (nSPS) is 9.09. The number of ether oxygens (including phenoxy) is 1. The van der Waals surface area contributed by atoms with Crippen molar-refractivity contribution >= 4 is 6.16 Å². The van der Waals surface area contributed by atoms with Gasteiger partial charge in [0.2, 0.25) is 5.88 Å². The molecule has 0 bridgehead atoms. The van der Waals surface area contributed by atoms with Crippen molar-refractivity contribution in [3.05, 3.63) is 18.3 Å². The van der Waals surface area contributed by atoms with E-state index in [0.717, 1.165) is 6.20 Å². The van der Waals surface area contributed by atoms with Gasteiger partial charge in [-0.25, -0.2) is 9.78 Å². The minimum absolute atomic E-state index is 0.0391. The van der Waals surface area contributed by atoms with Gasteiger partial charge in [-0.3, -0.25) is 0 Å². The highest BCUT2D eigenvalue weighted by atomic mass is 16.7.